The maximum absolute atomic E-state index is 11.7. The number of halogens is 2. The molecule has 6 heteroatoms. The number of aryl methyl sites for hydroxylation is 1. The van der Waals surface area contributed by atoms with E-state index in [1.54, 1.807) is 0 Å². The zero-order valence-corrected chi connectivity index (χ0v) is 13.1. The van der Waals surface area contributed by atoms with Gasteiger partial charge in [0.2, 0.25) is 5.91 Å². The summed E-state index contributed by atoms with van der Waals surface area (Å²) < 4.78 is 2.02. The number of imidazole rings is 1. The average molecular weight is 326 g/mol. The third-order valence-electron chi connectivity index (χ3n) is 3.64. The lowest BCUT2D eigenvalue weighted by molar-refractivity contribution is -0.121. The second-order valence-corrected chi connectivity index (χ2v) is 6.04. The number of hydrogen-bond acceptors (Lipinski definition) is 2. The molecule has 3 rings (SSSR count). The fourth-order valence-electron chi connectivity index (χ4n) is 2.46. The highest BCUT2D eigenvalue weighted by Crippen LogP contribution is 2.26. The number of alkyl halides is 1. The Kier molecular flexibility index (Phi) is 4.36. The highest BCUT2D eigenvalue weighted by atomic mass is 35.5. The van der Waals surface area contributed by atoms with E-state index >= 15 is 0 Å². The number of para-hydroxylation sites is 1. The molecule has 0 unspecified atom stereocenters. The van der Waals surface area contributed by atoms with Crippen LogP contribution in [0.5, 0.6) is 0 Å². The van der Waals surface area contributed by atoms with E-state index in [1.807, 2.05) is 22.8 Å². The van der Waals surface area contributed by atoms with Gasteiger partial charge in [-0.05, 0) is 31.4 Å². The van der Waals surface area contributed by atoms with Gasteiger partial charge < -0.3 is 9.88 Å². The highest BCUT2D eigenvalue weighted by molar-refractivity contribution is 6.35. The Morgan fingerprint density at radius 3 is 2.95 bits per heavy atom. The van der Waals surface area contributed by atoms with Gasteiger partial charge in [0.05, 0.1) is 21.9 Å². The van der Waals surface area contributed by atoms with E-state index in [1.165, 1.54) is 0 Å². The van der Waals surface area contributed by atoms with E-state index in [9.17, 15) is 4.79 Å². The number of rotatable bonds is 6. The summed E-state index contributed by atoms with van der Waals surface area (Å²) in [6.07, 6.45) is 3.50. The van der Waals surface area contributed by atoms with Crippen LogP contribution in [-0.4, -0.2) is 21.5 Å². The Hall–Kier alpha value is -1.26. The lowest BCUT2D eigenvalue weighted by Crippen LogP contribution is -2.25. The summed E-state index contributed by atoms with van der Waals surface area (Å²) in [4.78, 5) is 16.2. The van der Waals surface area contributed by atoms with Crippen molar-refractivity contribution in [3.05, 3.63) is 29.0 Å². The van der Waals surface area contributed by atoms with E-state index in [-0.39, 0.29) is 5.91 Å². The van der Waals surface area contributed by atoms with Crippen molar-refractivity contribution in [2.24, 2.45) is 0 Å². The lowest BCUT2D eigenvalue weighted by Gasteiger charge is -2.09. The molecular weight excluding hydrogens is 309 g/mol. The van der Waals surface area contributed by atoms with Crippen LogP contribution in [0.15, 0.2) is 18.2 Å². The van der Waals surface area contributed by atoms with Crippen LogP contribution in [0.2, 0.25) is 5.02 Å². The molecule has 0 atom stereocenters. The summed E-state index contributed by atoms with van der Waals surface area (Å²) in [6, 6.07) is 6.07. The molecule has 0 bridgehead atoms. The quantitative estimate of drug-likeness (QED) is 0.826. The number of amides is 1. The van der Waals surface area contributed by atoms with Crippen molar-refractivity contribution < 1.29 is 4.79 Å². The average Bonchev–Trinajstić information content (AvgIpc) is 3.19. The molecule has 112 valence electrons. The van der Waals surface area contributed by atoms with Crippen LogP contribution in [0.1, 0.15) is 31.5 Å². The largest absolute Gasteiger partial charge is 0.353 e. The highest BCUT2D eigenvalue weighted by Gasteiger charge is 2.22. The van der Waals surface area contributed by atoms with E-state index in [4.69, 9.17) is 23.2 Å². The standard InChI is InChI=1S/C15H17Cl2N3O/c16-9-13-19-12-4-1-3-11(17)15(12)20(13)8-2-5-14(21)18-10-6-7-10/h1,3-4,10H,2,5-9H2,(H,18,21). The molecule has 1 aromatic carbocycles. The van der Waals surface area contributed by atoms with Crippen molar-refractivity contribution in [3.8, 4) is 0 Å². The molecule has 0 spiro atoms. The molecule has 1 amide bonds. The van der Waals surface area contributed by atoms with E-state index in [2.05, 4.69) is 10.3 Å². The minimum absolute atomic E-state index is 0.125. The molecule has 0 saturated heterocycles. The summed E-state index contributed by atoms with van der Waals surface area (Å²) in [5.74, 6) is 1.25. The molecule has 1 heterocycles. The summed E-state index contributed by atoms with van der Waals surface area (Å²) in [5, 5.41) is 3.66. The van der Waals surface area contributed by atoms with Crippen molar-refractivity contribution >= 4 is 40.1 Å². The molecular formula is C15H17Cl2N3O. The predicted octanol–water partition coefficient (Wildman–Crippen LogP) is 3.49. The van der Waals surface area contributed by atoms with Crippen LogP contribution in [0, 0.1) is 0 Å². The second-order valence-electron chi connectivity index (χ2n) is 5.37. The van der Waals surface area contributed by atoms with Crippen LogP contribution in [0.25, 0.3) is 11.0 Å². The van der Waals surface area contributed by atoms with Gasteiger partial charge in [0.1, 0.15) is 5.82 Å². The Balaban J connectivity index is 1.71. The first kappa shape index (κ1) is 14.7. The number of benzene rings is 1. The minimum atomic E-state index is 0.125. The van der Waals surface area contributed by atoms with Gasteiger partial charge >= 0.3 is 0 Å². The fraction of sp³-hybridized carbons (Fsp3) is 0.467. The first-order valence-corrected chi connectivity index (χ1v) is 8.09. The van der Waals surface area contributed by atoms with Crippen LogP contribution >= 0.6 is 23.2 Å². The first-order valence-electron chi connectivity index (χ1n) is 7.18. The zero-order valence-electron chi connectivity index (χ0n) is 11.6. The third kappa shape index (κ3) is 3.33. The van der Waals surface area contributed by atoms with Gasteiger partial charge in [-0.2, -0.15) is 0 Å². The Morgan fingerprint density at radius 1 is 1.43 bits per heavy atom. The molecule has 0 radical (unpaired) electrons. The minimum Gasteiger partial charge on any atom is -0.353 e. The van der Waals surface area contributed by atoms with Crippen LogP contribution < -0.4 is 5.32 Å². The zero-order chi connectivity index (χ0) is 14.8. The number of aromatic nitrogens is 2. The third-order valence-corrected chi connectivity index (χ3v) is 4.19. The summed E-state index contributed by atoms with van der Waals surface area (Å²) >= 11 is 12.2. The number of nitrogens with one attached hydrogen (secondary N) is 1. The Morgan fingerprint density at radius 2 is 2.24 bits per heavy atom. The topological polar surface area (TPSA) is 46.9 Å². The van der Waals surface area contributed by atoms with Crippen molar-refractivity contribution in [2.45, 2.75) is 44.1 Å². The van der Waals surface area contributed by atoms with E-state index < -0.39 is 0 Å². The van der Waals surface area contributed by atoms with Crippen molar-refractivity contribution in [1.82, 2.24) is 14.9 Å². The number of fused-ring (bicyclic) bond motifs is 1. The SMILES string of the molecule is O=C(CCCn1c(CCl)nc2cccc(Cl)c21)NC1CC1. The molecule has 4 nitrogen and oxygen atoms in total. The van der Waals surface area contributed by atoms with Gasteiger partial charge in [0.25, 0.3) is 0 Å². The molecule has 1 aromatic heterocycles. The molecule has 21 heavy (non-hydrogen) atoms. The van der Waals surface area contributed by atoms with Crippen molar-refractivity contribution in [3.63, 3.8) is 0 Å². The smallest absolute Gasteiger partial charge is 0.220 e. The van der Waals surface area contributed by atoms with Crippen LogP contribution in [0.3, 0.4) is 0 Å². The number of nitrogens with zero attached hydrogens (tertiary/aromatic N) is 2. The number of carbonyl (C=O) groups is 1. The van der Waals surface area contributed by atoms with E-state index in [0.29, 0.717) is 29.9 Å². The Bertz CT molecular complexity index is 664. The van der Waals surface area contributed by atoms with Crippen LogP contribution in [-0.2, 0) is 17.2 Å². The number of carbonyl (C=O) groups excluding carboxylic acids is 1. The first-order chi connectivity index (χ1) is 10.2. The molecule has 1 fully saturated rings. The van der Waals surface area contributed by atoms with Crippen LogP contribution in [0.4, 0.5) is 0 Å². The molecule has 1 N–H and O–H groups in total. The van der Waals surface area contributed by atoms with E-state index in [0.717, 1.165) is 36.1 Å². The summed E-state index contributed by atoms with van der Waals surface area (Å²) in [5.41, 5.74) is 1.75. The molecule has 2 aromatic rings. The monoisotopic (exact) mass is 325 g/mol. The summed E-state index contributed by atoms with van der Waals surface area (Å²) in [7, 11) is 0. The normalized spacial score (nSPS) is 14.6. The van der Waals surface area contributed by atoms with Gasteiger partial charge in [-0.1, -0.05) is 17.7 Å². The molecule has 1 aliphatic rings. The van der Waals surface area contributed by atoms with Gasteiger partial charge in [-0.25, -0.2) is 4.98 Å². The van der Waals surface area contributed by atoms with Crippen molar-refractivity contribution in [2.75, 3.05) is 0 Å². The summed E-state index contributed by atoms with van der Waals surface area (Å²) in [6.45, 7) is 0.695. The molecule has 1 saturated carbocycles. The molecule has 0 aliphatic heterocycles. The predicted molar refractivity (Wildman–Crippen MR) is 84.7 cm³/mol. The van der Waals surface area contributed by atoms with Crippen molar-refractivity contribution in [1.29, 1.82) is 0 Å². The second kappa shape index (κ2) is 6.24. The Labute approximate surface area is 133 Å². The van der Waals surface area contributed by atoms with Gasteiger partial charge in [0, 0.05) is 19.0 Å². The maximum Gasteiger partial charge on any atom is 0.220 e. The molecule has 1 aliphatic carbocycles. The number of hydrogen-bond donors (Lipinski definition) is 1. The van der Waals surface area contributed by atoms with Gasteiger partial charge in [-0.15, -0.1) is 11.6 Å². The fourth-order valence-corrected chi connectivity index (χ4v) is 2.93. The van der Waals surface area contributed by atoms with Gasteiger partial charge in [-0.3, -0.25) is 4.79 Å². The maximum atomic E-state index is 11.7. The van der Waals surface area contributed by atoms with Gasteiger partial charge in [0.15, 0.2) is 0 Å². The lowest BCUT2D eigenvalue weighted by atomic mass is 10.2.